The van der Waals surface area contributed by atoms with Crippen molar-refractivity contribution in [2.45, 2.75) is 125 Å². The zero-order chi connectivity index (χ0) is 33.0. The second-order valence-electron chi connectivity index (χ2n) is 12.9. The average Bonchev–Trinajstić information content (AvgIpc) is 2.94. The molecule has 0 aliphatic rings. The molecule has 8 heteroatoms. The lowest BCUT2D eigenvalue weighted by molar-refractivity contribution is -0.142. The van der Waals surface area contributed by atoms with Gasteiger partial charge in [0.2, 0.25) is 5.91 Å². The minimum atomic E-state index is -0.943. The van der Waals surface area contributed by atoms with Gasteiger partial charge in [0, 0.05) is 6.54 Å². The van der Waals surface area contributed by atoms with E-state index in [1.54, 1.807) is 31.7 Å². The molecule has 0 aliphatic heterocycles. The largest absolute Gasteiger partial charge is 0.444 e. The summed E-state index contributed by atoms with van der Waals surface area (Å²) >= 11 is 6.54. The Kier molecular flexibility index (Phi) is 14.7. The van der Waals surface area contributed by atoms with Crippen LogP contribution in [0.5, 0.6) is 0 Å². The van der Waals surface area contributed by atoms with Gasteiger partial charge in [0.1, 0.15) is 17.7 Å². The normalized spacial score (nSPS) is 13.5. The number of alkyl carbamates (subject to hydrolysis) is 1. The predicted octanol–water partition coefficient (Wildman–Crippen LogP) is 9.07. The second-order valence-corrected chi connectivity index (χ2v) is 13.3. The van der Waals surface area contributed by atoms with Crippen LogP contribution in [0.4, 0.5) is 10.5 Å². The third-order valence-electron chi connectivity index (χ3n) is 8.03. The highest BCUT2D eigenvalue weighted by molar-refractivity contribution is 6.34. The highest BCUT2D eigenvalue weighted by Gasteiger charge is 2.39. The standard InChI is InChI=1S/C36H54ClN3O4/c1-10-12-13-14-15-16-23-40(34(42)31(24(3)11-2)39-35(43)44-36(7,8)9)32(29-25(4)19-17-20-26(29)5)33(41)38-30-27(6)21-18-22-28(30)37/h17-22,24,31-32H,10-16,23H2,1-9H3,(H,38,41)(H,39,43). The van der Waals surface area contributed by atoms with Crippen molar-refractivity contribution in [1.29, 1.82) is 0 Å². The van der Waals surface area contributed by atoms with E-state index in [0.29, 0.717) is 23.7 Å². The summed E-state index contributed by atoms with van der Waals surface area (Å²) in [5.41, 5.74) is 3.20. The fourth-order valence-electron chi connectivity index (χ4n) is 5.39. The average molecular weight is 628 g/mol. The van der Waals surface area contributed by atoms with E-state index in [9.17, 15) is 14.4 Å². The zero-order valence-corrected chi connectivity index (χ0v) is 29.1. The van der Waals surface area contributed by atoms with Crippen molar-refractivity contribution in [2.24, 2.45) is 5.92 Å². The summed E-state index contributed by atoms with van der Waals surface area (Å²) in [5, 5.41) is 6.35. The first kappa shape index (κ1) is 37.1. The van der Waals surface area contributed by atoms with Gasteiger partial charge < -0.3 is 20.3 Å². The Morgan fingerprint density at radius 1 is 0.886 bits per heavy atom. The quantitative estimate of drug-likeness (QED) is 0.193. The zero-order valence-electron chi connectivity index (χ0n) is 28.3. The van der Waals surface area contributed by atoms with E-state index >= 15 is 0 Å². The Hall–Kier alpha value is -3.06. The molecular weight excluding hydrogens is 574 g/mol. The fourth-order valence-corrected chi connectivity index (χ4v) is 5.66. The number of unbranched alkanes of at least 4 members (excludes halogenated alkanes) is 5. The molecule has 0 spiro atoms. The molecule has 2 rings (SSSR count). The van der Waals surface area contributed by atoms with Gasteiger partial charge in [0.15, 0.2) is 0 Å². The maximum absolute atomic E-state index is 14.7. The second kappa shape index (κ2) is 17.4. The molecule has 0 bridgehead atoms. The Bertz CT molecular complexity index is 1220. The molecule has 7 nitrogen and oxygen atoms in total. The number of halogens is 1. The Balaban J connectivity index is 2.64. The van der Waals surface area contributed by atoms with Crippen molar-refractivity contribution in [3.05, 3.63) is 63.7 Å². The van der Waals surface area contributed by atoms with Gasteiger partial charge in [-0.1, -0.05) is 101 Å². The van der Waals surface area contributed by atoms with Gasteiger partial charge in [-0.2, -0.15) is 0 Å². The minimum absolute atomic E-state index is 0.199. The topological polar surface area (TPSA) is 87.7 Å². The van der Waals surface area contributed by atoms with E-state index in [4.69, 9.17) is 16.3 Å². The predicted molar refractivity (Wildman–Crippen MR) is 181 cm³/mol. The van der Waals surface area contributed by atoms with Gasteiger partial charge in [-0.15, -0.1) is 0 Å². The number of nitrogens with zero attached hydrogens (tertiary/aromatic N) is 1. The van der Waals surface area contributed by atoms with Crippen LogP contribution >= 0.6 is 11.6 Å². The van der Waals surface area contributed by atoms with Crippen LogP contribution in [0, 0.1) is 26.7 Å². The van der Waals surface area contributed by atoms with Crippen molar-refractivity contribution in [3.63, 3.8) is 0 Å². The van der Waals surface area contributed by atoms with Crippen LogP contribution in [0.25, 0.3) is 0 Å². The van der Waals surface area contributed by atoms with Crippen molar-refractivity contribution in [1.82, 2.24) is 10.2 Å². The number of benzene rings is 2. The van der Waals surface area contributed by atoms with Crippen LogP contribution in [0.1, 0.15) is 115 Å². The van der Waals surface area contributed by atoms with Crippen molar-refractivity contribution in [3.8, 4) is 0 Å². The van der Waals surface area contributed by atoms with Crippen molar-refractivity contribution < 1.29 is 19.1 Å². The van der Waals surface area contributed by atoms with Crippen LogP contribution < -0.4 is 10.6 Å². The van der Waals surface area contributed by atoms with Gasteiger partial charge in [0.25, 0.3) is 5.91 Å². The summed E-state index contributed by atoms with van der Waals surface area (Å²) in [6.07, 6.45) is 6.16. The van der Waals surface area contributed by atoms with Gasteiger partial charge in [0.05, 0.1) is 10.7 Å². The van der Waals surface area contributed by atoms with Crippen LogP contribution in [0.15, 0.2) is 36.4 Å². The molecule has 3 atom stereocenters. The number of nitrogens with one attached hydrogen (secondary N) is 2. The Morgan fingerprint density at radius 3 is 2.02 bits per heavy atom. The minimum Gasteiger partial charge on any atom is -0.444 e. The van der Waals surface area contributed by atoms with E-state index < -0.39 is 23.8 Å². The molecule has 0 heterocycles. The number of carbonyl (C=O) groups is 3. The van der Waals surface area contributed by atoms with E-state index in [-0.39, 0.29) is 17.7 Å². The maximum Gasteiger partial charge on any atom is 0.408 e. The van der Waals surface area contributed by atoms with Crippen LogP contribution in [-0.4, -0.2) is 41.0 Å². The molecule has 0 saturated heterocycles. The third kappa shape index (κ3) is 10.8. The first-order valence-electron chi connectivity index (χ1n) is 16.1. The molecule has 0 saturated carbocycles. The summed E-state index contributed by atoms with van der Waals surface area (Å²) in [4.78, 5) is 43.8. The Labute approximate surface area is 270 Å². The molecule has 0 aromatic heterocycles. The van der Waals surface area contributed by atoms with Crippen molar-refractivity contribution in [2.75, 3.05) is 11.9 Å². The van der Waals surface area contributed by atoms with E-state index in [1.165, 1.54) is 6.42 Å². The summed E-state index contributed by atoms with van der Waals surface area (Å²) in [7, 11) is 0. The molecular formula is C36H54ClN3O4. The lowest BCUT2D eigenvalue weighted by Gasteiger charge is -2.37. The molecule has 2 aromatic rings. The van der Waals surface area contributed by atoms with Crippen LogP contribution in [0.2, 0.25) is 5.02 Å². The number of rotatable bonds is 15. The molecule has 2 aromatic carbocycles. The number of hydrogen-bond acceptors (Lipinski definition) is 4. The van der Waals surface area contributed by atoms with Crippen molar-refractivity contribution >= 4 is 35.2 Å². The Morgan fingerprint density at radius 2 is 1.45 bits per heavy atom. The molecule has 0 fully saturated rings. The van der Waals surface area contributed by atoms with E-state index in [0.717, 1.165) is 54.4 Å². The molecule has 244 valence electrons. The maximum atomic E-state index is 14.7. The number of anilines is 1. The van der Waals surface area contributed by atoms with Crippen LogP contribution in [0.3, 0.4) is 0 Å². The lowest BCUT2D eigenvalue weighted by atomic mass is 9.91. The van der Waals surface area contributed by atoms with Gasteiger partial charge >= 0.3 is 6.09 Å². The number of carbonyl (C=O) groups excluding carboxylic acids is 3. The fraction of sp³-hybridized carbons (Fsp3) is 0.583. The number of amides is 3. The lowest BCUT2D eigenvalue weighted by Crippen LogP contribution is -2.55. The molecule has 2 N–H and O–H groups in total. The SMILES string of the molecule is CCCCCCCCN(C(=O)C(NC(=O)OC(C)(C)C)C(C)CC)C(C(=O)Nc1c(C)cccc1Cl)c1c(C)cccc1C. The molecule has 44 heavy (non-hydrogen) atoms. The first-order chi connectivity index (χ1) is 20.7. The summed E-state index contributed by atoms with van der Waals surface area (Å²) < 4.78 is 5.55. The van der Waals surface area contributed by atoms with Gasteiger partial charge in [-0.05, 0) is 82.2 Å². The highest BCUT2D eigenvalue weighted by atomic mass is 35.5. The molecule has 3 amide bonds. The first-order valence-corrected chi connectivity index (χ1v) is 16.5. The summed E-state index contributed by atoms with van der Waals surface area (Å²) in [6, 6.07) is 9.51. The van der Waals surface area contributed by atoms with Crippen LogP contribution in [-0.2, 0) is 14.3 Å². The van der Waals surface area contributed by atoms with Gasteiger partial charge in [-0.3, -0.25) is 9.59 Å². The number of hydrogen-bond donors (Lipinski definition) is 2. The van der Waals surface area contributed by atoms with E-state index in [2.05, 4.69) is 17.6 Å². The molecule has 0 radical (unpaired) electrons. The number of aryl methyl sites for hydroxylation is 3. The summed E-state index contributed by atoms with van der Waals surface area (Å²) in [5.74, 6) is -0.856. The smallest absolute Gasteiger partial charge is 0.408 e. The number of para-hydroxylation sites is 1. The highest BCUT2D eigenvalue weighted by Crippen LogP contribution is 2.33. The monoisotopic (exact) mass is 627 g/mol. The summed E-state index contributed by atoms with van der Waals surface area (Å²) in [6.45, 7) is 17.6. The third-order valence-corrected chi connectivity index (χ3v) is 8.35. The molecule has 0 aliphatic carbocycles. The van der Waals surface area contributed by atoms with E-state index in [1.807, 2.05) is 65.0 Å². The number of ether oxygens (including phenoxy) is 1. The molecule has 3 unspecified atom stereocenters. The van der Waals surface area contributed by atoms with Gasteiger partial charge in [-0.25, -0.2) is 4.79 Å².